The van der Waals surface area contributed by atoms with Gasteiger partial charge < -0.3 is 10.7 Å². The molecule has 6 heteroatoms. The average Bonchev–Trinajstić information content (AvgIpc) is 2.83. The van der Waals surface area contributed by atoms with E-state index in [0.717, 1.165) is 11.9 Å². The molecule has 100 valence electrons. The van der Waals surface area contributed by atoms with Crippen molar-refractivity contribution in [2.75, 3.05) is 18.8 Å². The van der Waals surface area contributed by atoms with Gasteiger partial charge in [-0.3, -0.25) is 0 Å². The molecule has 5 nitrogen and oxygen atoms in total. The fourth-order valence-electron chi connectivity index (χ4n) is 2.31. The van der Waals surface area contributed by atoms with Gasteiger partial charge in [0.25, 0.3) is 0 Å². The lowest BCUT2D eigenvalue weighted by Crippen LogP contribution is -2.33. The van der Waals surface area contributed by atoms with E-state index in [2.05, 4.69) is 4.98 Å². The van der Waals surface area contributed by atoms with Crippen molar-refractivity contribution >= 4 is 26.6 Å². The van der Waals surface area contributed by atoms with Gasteiger partial charge in [-0.2, -0.15) is 4.31 Å². The lowest BCUT2D eigenvalue weighted by atomic mass is 10.2. The average molecular weight is 277 g/mol. The number of hydrogen-bond donors (Lipinski definition) is 2. The normalized spacial score (nSPS) is 17.1. The number of rotatable bonds is 2. The van der Waals surface area contributed by atoms with E-state index in [0.29, 0.717) is 29.1 Å². The van der Waals surface area contributed by atoms with E-state index in [-0.39, 0.29) is 0 Å². The maximum absolute atomic E-state index is 12.6. The Morgan fingerprint density at radius 3 is 2.84 bits per heavy atom. The summed E-state index contributed by atoms with van der Waals surface area (Å²) in [5, 5.41) is 0.684. The molecule has 0 spiro atoms. The van der Waals surface area contributed by atoms with Crippen molar-refractivity contribution in [1.29, 1.82) is 0 Å². The number of sulfonamides is 1. The van der Waals surface area contributed by atoms with E-state index in [1.807, 2.05) is 12.2 Å². The quantitative estimate of drug-likeness (QED) is 0.647. The van der Waals surface area contributed by atoms with Gasteiger partial charge >= 0.3 is 0 Å². The van der Waals surface area contributed by atoms with Crippen LogP contribution in [-0.2, 0) is 10.0 Å². The largest absolute Gasteiger partial charge is 0.399 e. The zero-order valence-electron chi connectivity index (χ0n) is 10.3. The van der Waals surface area contributed by atoms with Crippen LogP contribution in [0.4, 0.5) is 5.69 Å². The lowest BCUT2D eigenvalue weighted by molar-refractivity contribution is 0.438. The van der Waals surface area contributed by atoms with Gasteiger partial charge in [0, 0.05) is 35.9 Å². The monoisotopic (exact) mass is 277 g/mol. The molecule has 19 heavy (non-hydrogen) atoms. The van der Waals surface area contributed by atoms with Crippen molar-refractivity contribution in [2.45, 2.75) is 11.3 Å². The molecule has 0 bridgehead atoms. The highest BCUT2D eigenvalue weighted by Gasteiger charge is 2.26. The molecule has 3 rings (SSSR count). The predicted octanol–water partition coefficient (Wildman–Crippen LogP) is 1.70. The maximum atomic E-state index is 12.6. The molecule has 0 atom stereocenters. The second-order valence-electron chi connectivity index (χ2n) is 4.58. The summed E-state index contributed by atoms with van der Waals surface area (Å²) in [5.74, 6) is 0. The number of nitrogens with zero attached hydrogens (tertiary/aromatic N) is 1. The zero-order chi connectivity index (χ0) is 13.5. The van der Waals surface area contributed by atoms with E-state index in [1.54, 1.807) is 18.2 Å². The van der Waals surface area contributed by atoms with Crippen LogP contribution in [0.2, 0.25) is 0 Å². The van der Waals surface area contributed by atoms with Gasteiger partial charge in [-0.25, -0.2) is 8.42 Å². The Bertz CT molecular complexity index is 746. The number of benzene rings is 1. The molecular weight excluding hydrogens is 262 g/mol. The summed E-state index contributed by atoms with van der Waals surface area (Å²) >= 11 is 0. The van der Waals surface area contributed by atoms with Crippen LogP contribution in [0.5, 0.6) is 0 Å². The molecule has 2 aromatic rings. The molecule has 0 unspecified atom stereocenters. The molecule has 3 N–H and O–H groups in total. The van der Waals surface area contributed by atoms with Crippen LogP contribution in [-0.4, -0.2) is 30.8 Å². The van der Waals surface area contributed by atoms with Gasteiger partial charge in [0.05, 0.1) is 0 Å². The Morgan fingerprint density at radius 2 is 2.11 bits per heavy atom. The van der Waals surface area contributed by atoms with E-state index < -0.39 is 10.0 Å². The predicted molar refractivity (Wildman–Crippen MR) is 75.2 cm³/mol. The molecule has 1 aliphatic heterocycles. The van der Waals surface area contributed by atoms with Crippen molar-refractivity contribution in [2.24, 2.45) is 0 Å². The summed E-state index contributed by atoms with van der Waals surface area (Å²) in [5.41, 5.74) is 7.05. The first-order chi connectivity index (χ1) is 9.09. The van der Waals surface area contributed by atoms with Crippen molar-refractivity contribution in [3.05, 3.63) is 36.5 Å². The van der Waals surface area contributed by atoms with Gasteiger partial charge in [-0.15, -0.1) is 0 Å². The molecule has 2 heterocycles. The van der Waals surface area contributed by atoms with E-state index in [1.165, 1.54) is 10.5 Å². The first-order valence-corrected chi connectivity index (χ1v) is 7.55. The van der Waals surface area contributed by atoms with Gasteiger partial charge in [0.1, 0.15) is 4.90 Å². The number of aromatic amines is 1. The molecule has 1 aromatic carbocycles. The Morgan fingerprint density at radius 1 is 1.26 bits per heavy atom. The first-order valence-electron chi connectivity index (χ1n) is 6.11. The number of hydrogen-bond acceptors (Lipinski definition) is 3. The minimum atomic E-state index is -3.45. The second kappa shape index (κ2) is 4.40. The van der Waals surface area contributed by atoms with Gasteiger partial charge in [-0.1, -0.05) is 12.2 Å². The number of nitrogens with one attached hydrogen (secondary N) is 1. The van der Waals surface area contributed by atoms with Crippen LogP contribution < -0.4 is 5.73 Å². The number of H-pyrrole nitrogens is 1. The molecule has 0 amide bonds. The molecule has 0 radical (unpaired) electrons. The minimum Gasteiger partial charge on any atom is -0.399 e. The molecule has 1 aromatic heterocycles. The lowest BCUT2D eigenvalue weighted by Gasteiger charge is -2.22. The highest BCUT2D eigenvalue weighted by molar-refractivity contribution is 7.89. The van der Waals surface area contributed by atoms with Gasteiger partial charge in [-0.05, 0) is 24.6 Å². The summed E-state index contributed by atoms with van der Waals surface area (Å²) in [6.07, 6.45) is 6.18. The summed E-state index contributed by atoms with van der Waals surface area (Å²) in [6, 6.07) is 5.20. The van der Waals surface area contributed by atoms with E-state index in [9.17, 15) is 8.42 Å². The molecule has 0 saturated heterocycles. The number of fused-ring (bicyclic) bond motifs is 1. The van der Waals surface area contributed by atoms with Crippen molar-refractivity contribution in [1.82, 2.24) is 9.29 Å². The summed E-state index contributed by atoms with van der Waals surface area (Å²) in [7, 11) is -3.45. The number of nitrogen functional groups attached to an aromatic ring is 1. The van der Waals surface area contributed by atoms with Crippen LogP contribution in [0.1, 0.15) is 6.42 Å². The molecule has 1 aliphatic rings. The fourth-order valence-corrected chi connectivity index (χ4v) is 3.88. The Balaban J connectivity index is 2.10. The summed E-state index contributed by atoms with van der Waals surface area (Å²) in [4.78, 5) is 3.29. The first kappa shape index (κ1) is 12.3. The van der Waals surface area contributed by atoms with Crippen LogP contribution in [0.3, 0.4) is 0 Å². The van der Waals surface area contributed by atoms with E-state index >= 15 is 0 Å². The highest BCUT2D eigenvalue weighted by Crippen LogP contribution is 2.27. The summed E-state index contributed by atoms with van der Waals surface area (Å²) in [6.45, 7) is 0.963. The van der Waals surface area contributed by atoms with Crippen molar-refractivity contribution in [3.63, 3.8) is 0 Å². The zero-order valence-corrected chi connectivity index (χ0v) is 11.2. The molecule has 0 saturated carbocycles. The van der Waals surface area contributed by atoms with Crippen LogP contribution in [0.15, 0.2) is 41.4 Å². The third-order valence-electron chi connectivity index (χ3n) is 3.31. The highest BCUT2D eigenvalue weighted by atomic mass is 32.2. The third kappa shape index (κ3) is 2.02. The standard InChI is InChI=1S/C13H15N3O2S/c14-10-4-5-11-12(8-10)15-9-13(11)19(17,18)16-6-2-1-3-7-16/h1-2,4-5,8-9,15H,3,6-7,14H2. The smallest absolute Gasteiger partial charge is 0.245 e. The minimum absolute atomic E-state index is 0.317. The SMILES string of the molecule is Nc1ccc2c(S(=O)(=O)N3CC=CCC3)c[nH]c2c1. The molecule has 0 aliphatic carbocycles. The Kier molecular flexibility index (Phi) is 2.83. The van der Waals surface area contributed by atoms with Crippen LogP contribution >= 0.6 is 0 Å². The number of anilines is 1. The number of aromatic nitrogens is 1. The van der Waals surface area contributed by atoms with E-state index in [4.69, 9.17) is 5.73 Å². The van der Waals surface area contributed by atoms with Crippen molar-refractivity contribution in [3.8, 4) is 0 Å². The topological polar surface area (TPSA) is 79.2 Å². The molecule has 0 fully saturated rings. The number of nitrogens with two attached hydrogens (primary N) is 1. The fraction of sp³-hybridized carbons (Fsp3) is 0.231. The molecular formula is C13H15N3O2S. The second-order valence-corrected chi connectivity index (χ2v) is 6.49. The Hall–Kier alpha value is -1.79. The van der Waals surface area contributed by atoms with Gasteiger partial charge in [0.15, 0.2) is 0 Å². The Labute approximate surface area is 111 Å². The van der Waals surface area contributed by atoms with Crippen molar-refractivity contribution < 1.29 is 8.42 Å². The van der Waals surface area contributed by atoms with Gasteiger partial charge in [0.2, 0.25) is 10.0 Å². The van der Waals surface area contributed by atoms with Crippen LogP contribution in [0, 0.1) is 0 Å². The maximum Gasteiger partial charge on any atom is 0.245 e. The summed E-state index contributed by atoms with van der Waals surface area (Å²) < 4.78 is 26.7. The van der Waals surface area contributed by atoms with Crippen LogP contribution in [0.25, 0.3) is 10.9 Å². The third-order valence-corrected chi connectivity index (χ3v) is 5.21.